The lowest BCUT2D eigenvalue weighted by atomic mass is 9.80. The minimum absolute atomic E-state index is 0.260. The van der Waals surface area contributed by atoms with Gasteiger partial charge in [-0.05, 0) is 19.3 Å². The summed E-state index contributed by atoms with van der Waals surface area (Å²) >= 11 is 0. The minimum Gasteiger partial charge on any atom is -0.389 e. The topological polar surface area (TPSA) is 37.3 Å². The molecule has 0 radical (unpaired) electrons. The van der Waals surface area contributed by atoms with Crippen molar-refractivity contribution in [1.29, 1.82) is 0 Å². The fourth-order valence-corrected chi connectivity index (χ4v) is 4.55. The van der Waals surface area contributed by atoms with E-state index in [-0.39, 0.29) is 5.78 Å². The molecule has 1 saturated carbocycles. The van der Waals surface area contributed by atoms with Gasteiger partial charge in [0.2, 0.25) is 0 Å². The lowest BCUT2D eigenvalue weighted by Gasteiger charge is -2.31. The van der Waals surface area contributed by atoms with Gasteiger partial charge in [-0.3, -0.25) is 4.79 Å². The molecule has 0 aromatic heterocycles. The van der Waals surface area contributed by atoms with E-state index in [1.807, 2.05) is 0 Å². The first kappa shape index (κ1) is 24.7. The van der Waals surface area contributed by atoms with E-state index in [0.717, 1.165) is 25.7 Å². The Labute approximate surface area is 169 Å². The molecule has 0 amide bonds. The Hall–Kier alpha value is -0.370. The number of hydrogen-bond donors (Lipinski definition) is 1. The van der Waals surface area contributed by atoms with Gasteiger partial charge in [0.25, 0.3) is 0 Å². The molecule has 0 aromatic rings. The first-order valence-corrected chi connectivity index (χ1v) is 12.4. The van der Waals surface area contributed by atoms with Gasteiger partial charge < -0.3 is 5.11 Å². The monoisotopic (exact) mass is 380 g/mol. The molecule has 1 fully saturated rings. The molecule has 0 heterocycles. The van der Waals surface area contributed by atoms with Gasteiger partial charge in [0.1, 0.15) is 5.78 Å². The predicted octanol–water partition coefficient (Wildman–Crippen LogP) is 7.90. The molecule has 1 rings (SSSR count). The molecule has 0 unspecified atom stereocenters. The maximum Gasteiger partial charge on any atom is 0.135 e. The van der Waals surface area contributed by atoms with E-state index < -0.39 is 5.60 Å². The summed E-state index contributed by atoms with van der Waals surface area (Å²) < 4.78 is 0. The number of unbranched alkanes of at least 4 members (excludes halogenated alkanes) is 16. The largest absolute Gasteiger partial charge is 0.389 e. The van der Waals surface area contributed by atoms with E-state index in [0.29, 0.717) is 12.8 Å². The number of carbonyl (C=O) groups is 1. The van der Waals surface area contributed by atoms with Gasteiger partial charge in [0.05, 0.1) is 5.60 Å². The Balaban J connectivity index is 1.75. The van der Waals surface area contributed by atoms with Crippen molar-refractivity contribution in [2.24, 2.45) is 0 Å². The van der Waals surface area contributed by atoms with Crippen LogP contribution < -0.4 is 0 Å². The smallest absolute Gasteiger partial charge is 0.135 e. The fraction of sp³-hybridized carbons (Fsp3) is 0.960. The van der Waals surface area contributed by atoms with E-state index in [4.69, 9.17) is 0 Å². The van der Waals surface area contributed by atoms with Crippen LogP contribution in [0.15, 0.2) is 0 Å². The highest BCUT2D eigenvalue weighted by Gasteiger charge is 2.32. The number of aliphatic hydroxyl groups is 1. The van der Waals surface area contributed by atoms with Crippen LogP contribution in [0.2, 0.25) is 0 Å². The molecule has 1 N–H and O–H groups in total. The summed E-state index contributed by atoms with van der Waals surface area (Å²) in [6.45, 7) is 2.29. The van der Waals surface area contributed by atoms with Crippen LogP contribution in [0, 0.1) is 0 Å². The van der Waals surface area contributed by atoms with Gasteiger partial charge in [0.15, 0.2) is 0 Å². The fourth-order valence-electron chi connectivity index (χ4n) is 4.55. The number of Topliss-reactive ketones (excluding diaryl/α,β-unsaturated/α-hetero) is 1. The summed E-state index contributed by atoms with van der Waals surface area (Å²) in [6.07, 6.45) is 27.1. The first-order chi connectivity index (χ1) is 13.2. The number of rotatable bonds is 18. The van der Waals surface area contributed by atoms with Crippen molar-refractivity contribution < 1.29 is 9.90 Å². The molecule has 1 aliphatic rings. The molecule has 1 atom stereocenters. The second kappa shape index (κ2) is 16.6. The molecule has 2 heteroatoms. The van der Waals surface area contributed by atoms with Gasteiger partial charge in [0, 0.05) is 12.8 Å². The normalized spacial score (nSPS) is 20.3. The highest BCUT2D eigenvalue weighted by Crippen LogP contribution is 2.30. The summed E-state index contributed by atoms with van der Waals surface area (Å²) in [5, 5.41) is 10.4. The van der Waals surface area contributed by atoms with E-state index in [1.54, 1.807) is 0 Å². The van der Waals surface area contributed by atoms with Crippen molar-refractivity contribution in [3.63, 3.8) is 0 Å². The molecule has 27 heavy (non-hydrogen) atoms. The van der Waals surface area contributed by atoms with E-state index in [9.17, 15) is 9.90 Å². The highest BCUT2D eigenvalue weighted by molar-refractivity contribution is 5.80. The molecule has 160 valence electrons. The quantitative estimate of drug-likeness (QED) is 0.245. The average molecular weight is 381 g/mol. The summed E-state index contributed by atoms with van der Waals surface area (Å²) in [4.78, 5) is 11.5. The van der Waals surface area contributed by atoms with Crippen molar-refractivity contribution in [1.82, 2.24) is 0 Å². The van der Waals surface area contributed by atoms with Crippen molar-refractivity contribution >= 4 is 5.78 Å². The number of ketones is 1. The zero-order valence-corrected chi connectivity index (χ0v) is 18.4. The van der Waals surface area contributed by atoms with Crippen LogP contribution >= 0.6 is 0 Å². The van der Waals surface area contributed by atoms with Crippen LogP contribution in [0.1, 0.15) is 148 Å². The lowest BCUT2D eigenvalue weighted by Crippen LogP contribution is -2.35. The Kier molecular flexibility index (Phi) is 15.1. The van der Waals surface area contributed by atoms with Gasteiger partial charge >= 0.3 is 0 Å². The third-order valence-electron chi connectivity index (χ3n) is 6.37. The summed E-state index contributed by atoms with van der Waals surface area (Å²) in [7, 11) is 0. The van der Waals surface area contributed by atoms with Crippen LogP contribution in [0.3, 0.4) is 0 Å². The zero-order chi connectivity index (χ0) is 19.6. The lowest BCUT2D eigenvalue weighted by molar-refractivity contribution is -0.128. The predicted molar refractivity (Wildman–Crippen MR) is 117 cm³/mol. The molecule has 0 spiro atoms. The summed E-state index contributed by atoms with van der Waals surface area (Å²) in [6, 6.07) is 0. The summed E-state index contributed by atoms with van der Waals surface area (Å²) in [5.41, 5.74) is -0.662. The molecule has 0 aromatic carbocycles. The second-order valence-electron chi connectivity index (χ2n) is 9.20. The standard InChI is InChI=1S/C25H48O2/c1-2-3-4-5-6-7-8-9-10-11-12-13-14-15-16-17-18-21-25(27)22-19-20-24(26)23-25/h27H,2-23H2,1H3/t25-/m0/s1. The number of hydrogen-bond acceptors (Lipinski definition) is 2. The molecular weight excluding hydrogens is 332 g/mol. The van der Waals surface area contributed by atoms with Gasteiger partial charge in [-0.2, -0.15) is 0 Å². The van der Waals surface area contributed by atoms with Crippen LogP contribution in [0.4, 0.5) is 0 Å². The maximum atomic E-state index is 11.5. The molecule has 0 aliphatic heterocycles. The van der Waals surface area contributed by atoms with E-state index in [1.165, 1.54) is 103 Å². The molecule has 2 nitrogen and oxygen atoms in total. The van der Waals surface area contributed by atoms with E-state index >= 15 is 0 Å². The Morgan fingerprint density at radius 1 is 0.704 bits per heavy atom. The van der Waals surface area contributed by atoms with Gasteiger partial charge in [-0.1, -0.05) is 116 Å². The van der Waals surface area contributed by atoms with Crippen molar-refractivity contribution in [3.8, 4) is 0 Å². The van der Waals surface area contributed by atoms with Crippen LogP contribution in [0.5, 0.6) is 0 Å². The third-order valence-corrected chi connectivity index (χ3v) is 6.37. The van der Waals surface area contributed by atoms with Crippen LogP contribution in [-0.4, -0.2) is 16.5 Å². The molecular formula is C25H48O2. The Bertz CT molecular complexity index is 352. The van der Waals surface area contributed by atoms with Crippen molar-refractivity contribution in [2.45, 2.75) is 154 Å². The highest BCUT2D eigenvalue weighted by atomic mass is 16.3. The molecule has 0 saturated heterocycles. The Morgan fingerprint density at radius 3 is 1.52 bits per heavy atom. The second-order valence-corrected chi connectivity index (χ2v) is 9.20. The maximum absolute atomic E-state index is 11.5. The molecule has 0 bridgehead atoms. The Morgan fingerprint density at radius 2 is 1.11 bits per heavy atom. The van der Waals surface area contributed by atoms with Crippen molar-refractivity contribution in [2.75, 3.05) is 0 Å². The molecule has 1 aliphatic carbocycles. The van der Waals surface area contributed by atoms with Gasteiger partial charge in [-0.15, -0.1) is 0 Å². The zero-order valence-electron chi connectivity index (χ0n) is 18.4. The average Bonchev–Trinajstić information content (AvgIpc) is 2.64. The van der Waals surface area contributed by atoms with E-state index in [2.05, 4.69) is 6.92 Å². The van der Waals surface area contributed by atoms with Gasteiger partial charge in [-0.25, -0.2) is 0 Å². The number of carbonyl (C=O) groups excluding carboxylic acids is 1. The van der Waals surface area contributed by atoms with Crippen LogP contribution in [-0.2, 0) is 4.79 Å². The first-order valence-electron chi connectivity index (χ1n) is 12.4. The summed E-state index contributed by atoms with van der Waals surface area (Å²) in [5.74, 6) is 0.260. The van der Waals surface area contributed by atoms with Crippen molar-refractivity contribution in [3.05, 3.63) is 0 Å². The SMILES string of the molecule is CCCCCCCCCCCCCCCCCCC[C@]1(O)CCCC(=O)C1. The third kappa shape index (κ3) is 14.3. The minimum atomic E-state index is -0.662. The van der Waals surface area contributed by atoms with Crippen LogP contribution in [0.25, 0.3) is 0 Å².